The molecule has 3 rings (SSSR count). The minimum Gasteiger partial charge on any atom is -0.477 e. The van der Waals surface area contributed by atoms with Crippen molar-refractivity contribution in [3.8, 4) is 0 Å². The summed E-state index contributed by atoms with van der Waals surface area (Å²) in [5, 5.41) is 11.6. The predicted octanol–water partition coefficient (Wildman–Crippen LogP) is 3.74. The molecule has 0 aliphatic heterocycles. The molecule has 2 aromatic heterocycles. The summed E-state index contributed by atoms with van der Waals surface area (Å²) >= 11 is 7.26. The van der Waals surface area contributed by atoms with E-state index in [2.05, 4.69) is 0 Å². The van der Waals surface area contributed by atoms with Crippen molar-refractivity contribution in [1.29, 1.82) is 0 Å². The van der Waals surface area contributed by atoms with Crippen LogP contribution in [0.5, 0.6) is 0 Å². The van der Waals surface area contributed by atoms with E-state index >= 15 is 0 Å². The van der Waals surface area contributed by atoms with E-state index in [0.29, 0.717) is 9.90 Å². The molecule has 0 unspecified atom stereocenters. The Bertz CT molecular complexity index is 757. The van der Waals surface area contributed by atoms with Gasteiger partial charge in [-0.05, 0) is 24.3 Å². The quantitative estimate of drug-likeness (QED) is 0.728. The molecule has 0 amide bonds. The van der Waals surface area contributed by atoms with Crippen molar-refractivity contribution in [1.82, 2.24) is 4.57 Å². The monoisotopic (exact) mass is 265 g/mol. The summed E-state index contributed by atoms with van der Waals surface area (Å²) < 4.78 is 2.00. The zero-order valence-corrected chi connectivity index (χ0v) is 10.5. The zero-order valence-electron chi connectivity index (χ0n) is 8.90. The molecule has 86 valence electrons. The van der Waals surface area contributed by atoms with E-state index in [1.54, 1.807) is 6.07 Å². The largest absolute Gasteiger partial charge is 0.477 e. The number of halogens is 1. The highest BCUT2D eigenvalue weighted by atomic mass is 35.5. The van der Waals surface area contributed by atoms with E-state index in [9.17, 15) is 4.79 Å². The van der Waals surface area contributed by atoms with E-state index in [1.807, 2.05) is 29.8 Å². The van der Waals surface area contributed by atoms with E-state index in [4.69, 9.17) is 16.7 Å². The number of hydrogen-bond acceptors (Lipinski definition) is 2. The Hall–Kier alpha value is -1.52. The molecule has 2 heterocycles. The van der Waals surface area contributed by atoms with Gasteiger partial charge in [0.25, 0.3) is 0 Å². The summed E-state index contributed by atoms with van der Waals surface area (Å²) in [5.41, 5.74) is 1.06. The lowest BCUT2D eigenvalue weighted by Gasteiger charge is -1.97. The fourth-order valence-corrected chi connectivity index (χ4v) is 3.21. The minimum atomic E-state index is -0.888. The number of carbonyl (C=O) groups is 1. The molecule has 0 saturated heterocycles. The van der Waals surface area contributed by atoms with Crippen molar-refractivity contribution in [3.05, 3.63) is 34.2 Å². The SMILES string of the molecule is Cn1c2ccc(Cl)cc2c2cc(C(=O)O)sc21. The van der Waals surface area contributed by atoms with Crippen LogP contribution < -0.4 is 0 Å². The van der Waals surface area contributed by atoms with Crippen molar-refractivity contribution in [3.63, 3.8) is 0 Å². The Morgan fingerprint density at radius 3 is 2.82 bits per heavy atom. The Balaban J connectivity index is 2.48. The van der Waals surface area contributed by atoms with Gasteiger partial charge < -0.3 is 9.67 Å². The summed E-state index contributed by atoms with van der Waals surface area (Å²) in [6.07, 6.45) is 0. The molecular weight excluding hydrogens is 258 g/mol. The minimum absolute atomic E-state index is 0.354. The van der Waals surface area contributed by atoms with Crippen molar-refractivity contribution in [2.45, 2.75) is 0 Å². The van der Waals surface area contributed by atoms with Crippen LogP contribution >= 0.6 is 22.9 Å². The standard InChI is InChI=1S/C12H8ClNO2S/c1-14-9-3-2-6(13)4-7(9)8-5-10(12(15)16)17-11(8)14/h2-5H,1H3,(H,15,16). The number of hydrogen-bond donors (Lipinski definition) is 1. The summed E-state index contributed by atoms with van der Waals surface area (Å²) in [6.45, 7) is 0. The van der Waals surface area contributed by atoms with Crippen LogP contribution in [0.3, 0.4) is 0 Å². The van der Waals surface area contributed by atoms with Gasteiger partial charge in [-0.3, -0.25) is 0 Å². The second kappa shape index (κ2) is 3.48. The molecule has 0 spiro atoms. The molecule has 0 radical (unpaired) electrons. The molecule has 1 N–H and O–H groups in total. The first kappa shape index (κ1) is 10.6. The van der Waals surface area contributed by atoms with E-state index in [0.717, 1.165) is 21.1 Å². The highest BCUT2D eigenvalue weighted by Gasteiger charge is 2.15. The van der Waals surface area contributed by atoms with Gasteiger partial charge in [-0.1, -0.05) is 11.6 Å². The highest BCUT2D eigenvalue weighted by Crippen LogP contribution is 2.35. The summed E-state index contributed by atoms with van der Waals surface area (Å²) in [6, 6.07) is 7.37. The number of carboxylic acid groups (broad SMARTS) is 1. The molecule has 17 heavy (non-hydrogen) atoms. The average molecular weight is 266 g/mol. The van der Waals surface area contributed by atoms with Gasteiger partial charge in [-0.2, -0.15) is 0 Å². The lowest BCUT2D eigenvalue weighted by Crippen LogP contribution is -1.90. The fraction of sp³-hybridized carbons (Fsp3) is 0.0833. The maximum Gasteiger partial charge on any atom is 0.345 e. The van der Waals surface area contributed by atoms with E-state index in [-0.39, 0.29) is 0 Å². The number of nitrogens with zero attached hydrogens (tertiary/aromatic N) is 1. The molecule has 0 aliphatic carbocycles. The van der Waals surface area contributed by atoms with Gasteiger partial charge in [0.1, 0.15) is 9.71 Å². The molecule has 0 bridgehead atoms. The third kappa shape index (κ3) is 1.45. The van der Waals surface area contributed by atoms with Gasteiger partial charge in [-0.25, -0.2) is 4.79 Å². The highest BCUT2D eigenvalue weighted by molar-refractivity contribution is 7.20. The van der Waals surface area contributed by atoms with Crippen LogP contribution in [-0.2, 0) is 7.05 Å². The molecule has 0 fully saturated rings. The number of aryl methyl sites for hydroxylation is 1. The first-order valence-electron chi connectivity index (χ1n) is 4.98. The second-order valence-electron chi connectivity index (χ2n) is 3.86. The predicted molar refractivity (Wildman–Crippen MR) is 70.3 cm³/mol. The first-order chi connectivity index (χ1) is 8.08. The third-order valence-corrected chi connectivity index (χ3v) is 4.27. The molecule has 0 saturated carbocycles. The van der Waals surface area contributed by atoms with Gasteiger partial charge >= 0.3 is 5.97 Å². The van der Waals surface area contributed by atoms with Crippen LogP contribution in [0.4, 0.5) is 0 Å². The van der Waals surface area contributed by atoms with Crippen molar-refractivity contribution in [2.75, 3.05) is 0 Å². The second-order valence-corrected chi connectivity index (χ2v) is 5.32. The lowest BCUT2D eigenvalue weighted by molar-refractivity contribution is 0.0702. The Morgan fingerprint density at radius 1 is 1.35 bits per heavy atom. The zero-order chi connectivity index (χ0) is 12.2. The van der Waals surface area contributed by atoms with Crippen LogP contribution in [-0.4, -0.2) is 15.6 Å². The smallest absolute Gasteiger partial charge is 0.345 e. The number of carboxylic acids is 1. The number of benzene rings is 1. The van der Waals surface area contributed by atoms with Gasteiger partial charge in [0.15, 0.2) is 0 Å². The van der Waals surface area contributed by atoms with E-state index < -0.39 is 5.97 Å². The topological polar surface area (TPSA) is 42.2 Å². The lowest BCUT2D eigenvalue weighted by atomic mass is 10.2. The number of rotatable bonds is 1. The maximum absolute atomic E-state index is 11.0. The van der Waals surface area contributed by atoms with Crippen LogP contribution in [0.2, 0.25) is 5.02 Å². The molecule has 5 heteroatoms. The maximum atomic E-state index is 11.0. The van der Waals surface area contributed by atoms with Crippen LogP contribution in [0.15, 0.2) is 24.3 Å². The summed E-state index contributed by atoms with van der Waals surface area (Å²) in [7, 11) is 1.93. The van der Waals surface area contributed by atoms with Crippen LogP contribution in [0.1, 0.15) is 9.67 Å². The van der Waals surface area contributed by atoms with Crippen LogP contribution in [0, 0.1) is 0 Å². The average Bonchev–Trinajstić information content (AvgIpc) is 2.80. The fourth-order valence-electron chi connectivity index (χ4n) is 2.05. The number of fused-ring (bicyclic) bond motifs is 3. The Labute approximate surface area is 106 Å². The number of aromatic nitrogens is 1. The first-order valence-corrected chi connectivity index (χ1v) is 6.18. The van der Waals surface area contributed by atoms with Gasteiger partial charge in [0.05, 0.1) is 0 Å². The normalized spacial score (nSPS) is 11.4. The number of thiophene rings is 1. The molecule has 0 aliphatic rings. The third-order valence-electron chi connectivity index (χ3n) is 2.84. The molecule has 3 nitrogen and oxygen atoms in total. The number of aromatic carboxylic acids is 1. The van der Waals surface area contributed by atoms with Gasteiger partial charge in [0.2, 0.25) is 0 Å². The molecule has 1 aromatic carbocycles. The molecular formula is C12H8ClNO2S. The molecule has 0 atom stereocenters. The van der Waals surface area contributed by atoms with Crippen molar-refractivity contribution in [2.24, 2.45) is 7.05 Å². The molecule has 3 aromatic rings. The Morgan fingerprint density at radius 2 is 2.12 bits per heavy atom. The summed E-state index contributed by atoms with van der Waals surface area (Å²) in [5.74, 6) is -0.888. The van der Waals surface area contributed by atoms with Crippen molar-refractivity contribution >= 4 is 50.0 Å². The Kier molecular flexibility index (Phi) is 2.18. The van der Waals surface area contributed by atoms with Gasteiger partial charge in [0, 0.05) is 28.4 Å². The van der Waals surface area contributed by atoms with Gasteiger partial charge in [-0.15, -0.1) is 11.3 Å². The summed E-state index contributed by atoms with van der Waals surface area (Å²) in [4.78, 5) is 12.3. The van der Waals surface area contributed by atoms with E-state index in [1.165, 1.54) is 11.3 Å². The van der Waals surface area contributed by atoms with Crippen LogP contribution in [0.25, 0.3) is 21.1 Å². The van der Waals surface area contributed by atoms with Crippen molar-refractivity contribution < 1.29 is 9.90 Å².